The molecule has 0 aliphatic carbocycles. The highest BCUT2D eigenvalue weighted by atomic mass is 35.5. The number of nitrogens with zero attached hydrogens (tertiary/aromatic N) is 1. The molecule has 1 aromatic heterocycles. The van der Waals surface area contributed by atoms with Crippen molar-refractivity contribution >= 4 is 34.9 Å². The zero-order valence-electron chi connectivity index (χ0n) is 14.3. The molecule has 0 atom stereocenters. The summed E-state index contributed by atoms with van der Waals surface area (Å²) in [6.45, 7) is 4.61. The molecule has 1 aromatic carbocycles. The van der Waals surface area contributed by atoms with Crippen molar-refractivity contribution in [1.29, 1.82) is 0 Å². The van der Waals surface area contributed by atoms with Gasteiger partial charge in [-0.3, -0.25) is 9.78 Å². The van der Waals surface area contributed by atoms with Crippen molar-refractivity contribution in [2.75, 3.05) is 19.0 Å². The van der Waals surface area contributed by atoms with Crippen molar-refractivity contribution in [3.63, 3.8) is 0 Å². The molecule has 0 bridgehead atoms. The highest BCUT2D eigenvalue weighted by Crippen LogP contribution is 2.27. The van der Waals surface area contributed by atoms with Crippen molar-refractivity contribution < 1.29 is 14.3 Å². The highest BCUT2D eigenvalue weighted by molar-refractivity contribution is 6.33. The van der Waals surface area contributed by atoms with Crippen LogP contribution in [-0.2, 0) is 4.74 Å². The van der Waals surface area contributed by atoms with Gasteiger partial charge in [0.15, 0.2) is 0 Å². The summed E-state index contributed by atoms with van der Waals surface area (Å²) in [6.07, 6.45) is 1.53. The van der Waals surface area contributed by atoms with Gasteiger partial charge in [0.05, 0.1) is 23.4 Å². The van der Waals surface area contributed by atoms with Gasteiger partial charge in [-0.15, -0.1) is 0 Å². The Morgan fingerprint density at radius 3 is 2.68 bits per heavy atom. The molecular formula is C18H20ClN3O3. The first-order valence-corrected chi connectivity index (χ1v) is 8.17. The molecule has 0 fully saturated rings. The number of rotatable bonds is 6. The van der Waals surface area contributed by atoms with E-state index in [1.807, 2.05) is 13.8 Å². The van der Waals surface area contributed by atoms with Gasteiger partial charge in [0.25, 0.3) is 5.91 Å². The molecule has 6 nitrogen and oxygen atoms in total. The van der Waals surface area contributed by atoms with Crippen LogP contribution in [0.2, 0.25) is 5.02 Å². The Morgan fingerprint density at radius 2 is 2.00 bits per heavy atom. The maximum Gasteiger partial charge on any atom is 0.337 e. The van der Waals surface area contributed by atoms with Gasteiger partial charge in [-0.25, -0.2) is 4.79 Å². The topological polar surface area (TPSA) is 80.3 Å². The van der Waals surface area contributed by atoms with E-state index in [1.54, 1.807) is 30.3 Å². The molecule has 0 spiro atoms. The molecule has 0 aliphatic heterocycles. The van der Waals surface area contributed by atoms with E-state index in [4.69, 9.17) is 16.3 Å². The first kappa shape index (κ1) is 18.7. The van der Waals surface area contributed by atoms with E-state index in [1.165, 1.54) is 13.3 Å². The third kappa shape index (κ3) is 5.19. The molecule has 25 heavy (non-hydrogen) atoms. The third-order valence-electron chi connectivity index (χ3n) is 3.33. The zero-order chi connectivity index (χ0) is 18.4. The normalized spacial score (nSPS) is 10.4. The fraction of sp³-hybridized carbons (Fsp3) is 0.278. The number of amides is 1. The number of methoxy groups -OCH3 is 1. The summed E-state index contributed by atoms with van der Waals surface area (Å²) < 4.78 is 4.71. The second kappa shape index (κ2) is 8.48. The minimum absolute atomic E-state index is 0.244. The van der Waals surface area contributed by atoms with E-state index in [0.29, 0.717) is 40.1 Å². The number of esters is 1. The maximum absolute atomic E-state index is 12.1. The van der Waals surface area contributed by atoms with E-state index in [9.17, 15) is 9.59 Å². The number of hydrogen-bond acceptors (Lipinski definition) is 5. The van der Waals surface area contributed by atoms with Crippen molar-refractivity contribution in [3.8, 4) is 0 Å². The average molecular weight is 362 g/mol. The molecule has 7 heteroatoms. The summed E-state index contributed by atoms with van der Waals surface area (Å²) >= 11 is 6.17. The largest absolute Gasteiger partial charge is 0.465 e. The predicted octanol–water partition coefficient (Wildman–Crippen LogP) is 3.65. The summed E-state index contributed by atoms with van der Waals surface area (Å²) in [6, 6.07) is 8.11. The lowest BCUT2D eigenvalue weighted by Crippen LogP contribution is -2.28. The number of ether oxygens (including phenoxy) is 1. The van der Waals surface area contributed by atoms with Crippen LogP contribution in [0.4, 0.5) is 11.4 Å². The monoisotopic (exact) mass is 361 g/mol. The summed E-state index contributed by atoms with van der Waals surface area (Å²) in [5, 5.41) is 6.35. The molecule has 132 valence electrons. The zero-order valence-corrected chi connectivity index (χ0v) is 15.1. The number of benzene rings is 1. The molecule has 0 saturated carbocycles. The van der Waals surface area contributed by atoms with Crippen molar-refractivity contribution in [1.82, 2.24) is 10.3 Å². The predicted molar refractivity (Wildman–Crippen MR) is 97.5 cm³/mol. The highest BCUT2D eigenvalue weighted by Gasteiger charge is 2.11. The first-order chi connectivity index (χ1) is 11.9. The Morgan fingerprint density at radius 1 is 1.24 bits per heavy atom. The van der Waals surface area contributed by atoms with Crippen LogP contribution in [0, 0.1) is 5.92 Å². The molecule has 1 amide bonds. The van der Waals surface area contributed by atoms with E-state index >= 15 is 0 Å². The summed E-state index contributed by atoms with van der Waals surface area (Å²) in [4.78, 5) is 27.8. The summed E-state index contributed by atoms with van der Waals surface area (Å²) in [5.41, 5.74) is 1.84. The number of carbonyl (C=O) groups excluding carboxylic acids is 2. The van der Waals surface area contributed by atoms with Crippen LogP contribution in [0.15, 0.2) is 36.5 Å². The van der Waals surface area contributed by atoms with Crippen molar-refractivity contribution in [2.24, 2.45) is 5.92 Å². The SMILES string of the molecule is COC(=O)c1ccc(Cl)c(Nc2ccnc(C(=O)NCC(C)C)c2)c1. The minimum atomic E-state index is -0.455. The number of carbonyl (C=O) groups is 2. The quantitative estimate of drug-likeness (QED) is 0.767. The Balaban J connectivity index is 2.19. The lowest BCUT2D eigenvalue weighted by atomic mass is 10.2. The van der Waals surface area contributed by atoms with Crippen molar-refractivity contribution in [3.05, 3.63) is 52.8 Å². The van der Waals surface area contributed by atoms with Crippen LogP contribution in [0.1, 0.15) is 34.7 Å². The Labute approximate surface area is 151 Å². The molecule has 0 radical (unpaired) electrons. The standard InChI is InChI=1S/C18H20ClN3O3/c1-11(2)10-21-17(23)16-9-13(6-7-20-16)22-15-8-12(18(24)25-3)4-5-14(15)19/h4-9,11H,10H2,1-3H3,(H,20,22)(H,21,23). The first-order valence-electron chi connectivity index (χ1n) is 7.80. The van der Waals surface area contributed by atoms with Gasteiger partial charge in [0, 0.05) is 18.4 Å². The number of anilines is 2. The van der Waals surface area contributed by atoms with Gasteiger partial charge in [-0.2, -0.15) is 0 Å². The number of pyridine rings is 1. The molecule has 2 rings (SSSR count). The summed E-state index contributed by atoms with van der Waals surface area (Å²) in [5.74, 6) is -0.347. The Kier molecular flexibility index (Phi) is 6.36. The van der Waals surface area contributed by atoms with Crippen LogP contribution < -0.4 is 10.6 Å². The number of hydrogen-bond donors (Lipinski definition) is 2. The average Bonchev–Trinajstić information content (AvgIpc) is 2.61. The summed E-state index contributed by atoms with van der Waals surface area (Å²) in [7, 11) is 1.31. The maximum atomic E-state index is 12.1. The van der Waals surface area contributed by atoms with Crippen LogP contribution >= 0.6 is 11.6 Å². The molecule has 0 aliphatic rings. The van der Waals surface area contributed by atoms with Gasteiger partial charge in [-0.1, -0.05) is 25.4 Å². The second-order valence-corrected chi connectivity index (χ2v) is 6.25. The number of nitrogens with one attached hydrogen (secondary N) is 2. The van der Waals surface area contributed by atoms with Crippen LogP contribution in [-0.4, -0.2) is 30.5 Å². The van der Waals surface area contributed by atoms with E-state index < -0.39 is 5.97 Å². The van der Waals surface area contributed by atoms with Crippen LogP contribution in [0.5, 0.6) is 0 Å². The number of aromatic nitrogens is 1. The van der Waals surface area contributed by atoms with Gasteiger partial charge in [-0.05, 0) is 36.2 Å². The van der Waals surface area contributed by atoms with Crippen LogP contribution in [0.25, 0.3) is 0 Å². The second-order valence-electron chi connectivity index (χ2n) is 5.84. The van der Waals surface area contributed by atoms with Crippen molar-refractivity contribution in [2.45, 2.75) is 13.8 Å². The molecule has 1 heterocycles. The van der Waals surface area contributed by atoms with Gasteiger partial charge < -0.3 is 15.4 Å². The molecule has 2 aromatic rings. The Bertz CT molecular complexity index is 778. The van der Waals surface area contributed by atoms with E-state index in [2.05, 4.69) is 15.6 Å². The van der Waals surface area contributed by atoms with Gasteiger partial charge in [0.2, 0.25) is 0 Å². The molecular weight excluding hydrogens is 342 g/mol. The fourth-order valence-corrected chi connectivity index (χ4v) is 2.21. The smallest absolute Gasteiger partial charge is 0.337 e. The van der Waals surface area contributed by atoms with Crippen LogP contribution in [0.3, 0.4) is 0 Å². The fourth-order valence-electron chi connectivity index (χ4n) is 2.04. The Hall–Kier alpha value is -2.60. The molecule has 0 unspecified atom stereocenters. The lowest BCUT2D eigenvalue weighted by molar-refractivity contribution is 0.0600. The lowest BCUT2D eigenvalue weighted by Gasteiger charge is -2.11. The minimum Gasteiger partial charge on any atom is -0.465 e. The number of halogens is 1. The molecule has 2 N–H and O–H groups in total. The van der Waals surface area contributed by atoms with E-state index in [0.717, 1.165) is 0 Å². The van der Waals surface area contributed by atoms with E-state index in [-0.39, 0.29) is 5.91 Å². The van der Waals surface area contributed by atoms with Gasteiger partial charge in [0.1, 0.15) is 5.69 Å². The molecule has 0 saturated heterocycles. The van der Waals surface area contributed by atoms with Gasteiger partial charge >= 0.3 is 5.97 Å². The third-order valence-corrected chi connectivity index (χ3v) is 3.66.